The fraction of sp³-hybridized carbons (Fsp3) is 0.438. The Labute approximate surface area is 112 Å². The van der Waals surface area contributed by atoms with Crippen molar-refractivity contribution in [1.82, 2.24) is 5.01 Å². The van der Waals surface area contributed by atoms with Crippen molar-refractivity contribution >= 4 is 6.21 Å². The largest absolute Gasteiger partial charge is 0.268 e. The second kappa shape index (κ2) is 7.00. The molecule has 0 spiro atoms. The van der Waals surface area contributed by atoms with Gasteiger partial charge in [-0.25, -0.2) is 0 Å². The highest BCUT2D eigenvalue weighted by molar-refractivity contribution is 5.69. The number of likely N-dealkylation sites (N-methyl/N-ethyl adjacent to an activating group) is 1. The molecule has 100 valence electrons. The molecule has 0 heterocycles. The van der Waals surface area contributed by atoms with E-state index >= 15 is 0 Å². The summed E-state index contributed by atoms with van der Waals surface area (Å²) >= 11 is 0. The monoisotopic (exact) mass is 246 g/mol. The van der Waals surface area contributed by atoms with E-state index in [1.54, 1.807) is 12.3 Å². The molecule has 0 unspecified atom stereocenters. The minimum Gasteiger partial charge on any atom is -0.268 e. The summed E-state index contributed by atoms with van der Waals surface area (Å²) in [5.74, 6) is 0. The lowest BCUT2D eigenvalue weighted by atomic mass is 9.85. The average Bonchev–Trinajstić information content (AvgIpc) is 2.24. The highest BCUT2D eigenvalue weighted by Gasteiger charge is 2.20. The molecule has 0 saturated heterocycles. The molecule has 0 fully saturated rings. The molecule has 0 aromatic rings. The van der Waals surface area contributed by atoms with Crippen LogP contribution in [0.25, 0.3) is 0 Å². The molecule has 0 rings (SSSR count). The first kappa shape index (κ1) is 16.4. The zero-order valence-electron chi connectivity index (χ0n) is 12.6. The highest BCUT2D eigenvalue weighted by atomic mass is 15.4. The topological polar surface area (TPSA) is 15.6 Å². The molecule has 0 amide bonds. The van der Waals surface area contributed by atoms with E-state index in [9.17, 15) is 0 Å². The fourth-order valence-electron chi connectivity index (χ4n) is 1.24. The third-order valence-electron chi connectivity index (χ3n) is 2.48. The quantitative estimate of drug-likeness (QED) is 0.395. The molecule has 0 aliphatic heterocycles. The van der Waals surface area contributed by atoms with Gasteiger partial charge >= 0.3 is 0 Å². The van der Waals surface area contributed by atoms with Gasteiger partial charge in [0.25, 0.3) is 0 Å². The SMILES string of the molecule is C=C/C=N\N(C)/C(=C/C=C(C)C)C(=C)C(C)(C)C. The molecule has 2 heteroatoms. The first-order chi connectivity index (χ1) is 8.20. The number of allylic oxidation sites excluding steroid dienone is 5. The first-order valence-electron chi connectivity index (χ1n) is 6.13. The number of hydrogen-bond acceptors (Lipinski definition) is 2. The summed E-state index contributed by atoms with van der Waals surface area (Å²) in [4.78, 5) is 0. The van der Waals surface area contributed by atoms with Gasteiger partial charge in [0.2, 0.25) is 0 Å². The van der Waals surface area contributed by atoms with E-state index in [1.165, 1.54) is 5.57 Å². The third-order valence-corrected chi connectivity index (χ3v) is 2.48. The van der Waals surface area contributed by atoms with Crippen molar-refractivity contribution in [2.24, 2.45) is 10.5 Å². The van der Waals surface area contributed by atoms with Gasteiger partial charge in [-0.1, -0.05) is 45.6 Å². The molecule has 0 atom stereocenters. The van der Waals surface area contributed by atoms with Crippen LogP contribution in [-0.4, -0.2) is 18.3 Å². The van der Waals surface area contributed by atoms with Crippen molar-refractivity contribution in [3.63, 3.8) is 0 Å². The molecule has 2 nitrogen and oxygen atoms in total. The highest BCUT2D eigenvalue weighted by Crippen LogP contribution is 2.31. The van der Waals surface area contributed by atoms with Gasteiger partial charge in [-0.2, -0.15) is 5.10 Å². The van der Waals surface area contributed by atoms with Crippen molar-refractivity contribution in [3.05, 3.63) is 48.2 Å². The average molecular weight is 246 g/mol. The van der Waals surface area contributed by atoms with E-state index in [1.807, 2.05) is 12.1 Å². The van der Waals surface area contributed by atoms with Gasteiger partial charge in [0.1, 0.15) is 0 Å². The Kier molecular flexibility index (Phi) is 6.39. The summed E-state index contributed by atoms with van der Waals surface area (Å²) in [6, 6.07) is 0. The van der Waals surface area contributed by atoms with E-state index in [4.69, 9.17) is 0 Å². The van der Waals surface area contributed by atoms with Crippen LogP contribution in [0.5, 0.6) is 0 Å². The molecule has 0 radical (unpaired) electrons. The molecular weight excluding hydrogens is 220 g/mol. The van der Waals surface area contributed by atoms with E-state index in [0.717, 1.165) is 11.3 Å². The zero-order chi connectivity index (χ0) is 14.3. The summed E-state index contributed by atoms with van der Waals surface area (Å²) in [7, 11) is 1.92. The van der Waals surface area contributed by atoms with Gasteiger partial charge in [0.15, 0.2) is 0 Å². The van der Waals surface area contributed by atoms with E-state index in [2.05, 4.69) is 65.0 Å². The predicted octanol–water partition coefficient (Wildman–Crippen LogP) is 4.54. The molecule has 0 aromatic carbocycles. The standard InChI is InChI=1S/C16H26N2/c1-9-12-17-18(8)15(11-10-13(2)3)14(4)16(5,6)7/h9-12H,1,4H2,2-3,5-8H3/b15-11+,17-12-. The van der Waals surface area contributed by atoms with Crippen LogP contribution >= 0.6 is 0 Å². The zero-order valence-corrected chi connectivity index (χ0v) is 12.6. The first-order valence-corrected chi connectivity index (χ1v) is 6.13. The van der Waals surface area contributed by atoms with Crippen LogP contribution in [0.2, 0.25) is 0 Å². The normalized spacial score (nSPS) is 12.4. The van der Waals surface area contributed by atoms with Crippen LogP contribution in [0.3, 0.4) is 0 Å². The maximum atomic E-state index is 4.29. The maximum Gasteiger partial charge on any atom is 0.0621 e. The number of hydrogen-bond donors (Lipinski definition) is 0. The minimum atomic E-state index is 0.0132. The second-order valence-electron chi connectivity index (χ2n) is 5.55. The Balaban J connectivity index is 5.38. The molecule has 0 aliphatic carbocycles. The molecule has 0 saturated carbocycles. The lowest BCUT2D eigenvalue weighted by molar-refractivity contribution is 0.413. The smallest absolute Gasteiger partial charge is 0.0621 e. The van der Waals surface area contributed by atoms with Crippen molar-refractivity contribution in [2.45, 2.75) is 34.6 Å². The van der Waals surface area contributed by atoms with Gasteiger partial charge < -0.3 is 0 Å². The molecule has 18 heavy (non-hydrogen) atoms. The summed E-state index contributed by atoms with van der Waals surface area (Å²) < 4.78 is 0. The Morgan fingerprint density at radius 1 is 1.17 bits per heavy atom. The van der Waals surface area contributed by atoms with Crippen LogP contribution in [0.4, 0.5) is 0 Å². The Morgan fingerprint density at radius 3 is 2.11 bits per heavy atom. The Morgan fingerprint density at radius 2 is 1.72 bits per heavy atom. The van der Waals surface area contributed by atoms with E-state index in [-0.39, 0.29) is 5.41 Å². The molecular formula is C16H26N2. The summed E-state index contributed by atoms with van der Waals surface area (Å²) in [6.07, 6.45) is 7.47. The van der Waals surface area contributed by atoms with E-state index < -0.39 is 0 Å². The van der Waals surface area contributed by atoms with Crippen LogP contribution in [0.1, 0.15) is 34.6 Å². The molecule has 0 N–H and O–H groups in total. The van der Waals surface area contributed by atoms with Crippen molar-refractivity contribution < 1.29 is 0 Å². The lowest BCUT2D eigenvalue weighted by Gasteiger charge is -2.28. The van der Waals surface area contributed by atoms with Crippen molar-refractivity contribution in [3.8, 4) is 0 Å². The minimum absolute atomic E-state index is 0.0132. The van der Waals surface area contributed by atoms with Crippen LogP contribution in [-0.2, 0) is 0 Å². The van der Waals surface area contributed by atoms with Gasteiger partial charge in [-0.15, -0.1) is 0 Å². The van der Waals surface area contributed by atoms with Gasteiger partial charge in [-0.05, 0) is 37.0 Å². The number of hydrazone groups is 1. The summed E-state index contributed by atoms with van der Waals surface area (Å²) in [6.45, 7) is 18.4. The second-order valence-corrected chi connectivity index (χ2v) is 5.55. The van der Waals surface area contributed by atoms with E-state index in [0.29, 0.717) is 0 Å². The maximum absolute atomic E-state index is 4.29. The Hall–Kier alpha value is -1.57. The van der Waals surface area contributed by atoms with Crippen molar-refractivity contribution in [1.29, 1.82) is 0 Å². The predicted molar refractivity (Wildman–Crippen MR) is 82.6 cm³/mol. The molecule has 0 bridgehead atoms. The number of nitrogens with zero attached hydrogens (tertiary/aromatic N) is 2. The molecule has 0 aromatic heterocycles. The number of rotatable bonds is 5. The van der Waals surface area contributed by atoms with Crippen LogP contribution in [0.15, 0.2) is 53.3 Å². The van der Waals surface area contributed by atoms with Gasteiger partial charge in [0, 0.05) is 13.3 Å². The Bertz CT molecular complexity index is 386. The van der Waals surface area contributed by atoms with Gasteiger partial charge in [-0.3, -0.25) is 5.01 Å². The summed E-state index contributed by atoms with van der Waals surface area (Å²) in [5, 5.41) is 6.12. The lowest BCUT2D eigenvalue weighted by Crippen LogP contribution is -2.20. The van der Waals surface area contributed by atoms with Gasteiger partial charge in [0.05, 0.1) is 5.70 Å². The van der Waals surface area contributed by atoms with Crippen LogP contribution in [0, 0.1) is 5.41 Å². The molecule has 0 aliphatic rings. The van der Waals surface area contributed by atoms with Crippen molar-refractivity contribution in [2.75, 3.05) is 7.05 Å². The van der Waals surface area contributed by atoms with Crippen LogP contribution < -0.4 is 0 Å². The third kappa shape index (κ3) is 5.67. The summed E-state index contributed by atoms with van der Waals surface area (Å²) in [5.41, 5.74) is 3.33. The fourth-order valence-corrected chi connectivity index (χ4v) is 1.24.